The van der Waals surface area contributed by atoms with E-state index in [1.807, 2.05) is 57.4 Å². The summed E-state index contributed by atoms with van der Waals surface area (Å²) in [4.78, 5) is 9.77. The summed E-state index contributed by atoms with van der Waals surface area (Å²) in [6.07, 6.45) is 6.67. The number of hydrogen-bond acceptors (Lipinski definition) is 5. The van der Waals surface area contributed by atoms with Crippen molar-refractivity contribution in [3.05, 3.63) is 30.5 Å². The molecule has 0 amide bonds. The Bertz CT molecular complexity index is 678. The zero-order valence-corrected chi connectivity index (χ0v) is 15.0. The van der Waals surface area contributed by atoms with Crippen molar-refractivity contribution < 1.29 is 9.57 Å². The minimum absolute atomic E-state index is 0.224. The highest BCUT2D eigenvalue weighted by molar-refractivity contribution is 5.91. The van der Waals surface area contributed by atoms with Gasteiger partial charge in [-0.15, -0.1) is 0 Å². The SMILES string of the molecule is COc1cc(NCCCC/C=N/OC(C)(C)C)c2ncccc2c1. The lowest BCUT2D eigenvalue weighted by Crippen LogP contribution is -2.15. The average molecular weight is 329 g/mol. The maximum atomic E-state index is 5.36. The van der Waals surface area contributed by atoms with Crippen LogP contribution in [0.2, 0.25) is 0 Å². The molecule has 0 aliphatic rings. The number of benzene rings is 1. The number of anilines is 1. The molecule has 1 aromatic heterocycles. The molecule has 0 bridgehead atoms. The Hall–Kier alpha value is -2.30. The van der Waals surface area contributed by atoms with Gasteiger partial charge in [0.1, 0.15) is 11.4 Å². The molecule has 2 aromatic rings. The Morgan fingerprint density at radius 3 is 2.83 bits per heavy atom. The van der Waals surface area contributed by atoms with E-state index in [4.69, 9.17) is 9.57 Å². The van der Waals surface area contributed by atoms with Crippen molar-refractivity contribution in [3.8, 4) is 5.75 Å². The van der Waals surface area contributed by atoms with Crippen molar-refractivity contribution in [2.24, 2.45) is 5.16 Å². The van der Waals surface area contributed by atoms with Gasteiger partial charge in [0.05, 0.1) is 18.3 Å². The Labute approximate surface area is 144 Å². The number of methoxy groups -OCH3 is 1. The molecule has 2 rings (SSSR count). The molecule has 130 valence electrons. The van der Waals surface area contributed by atoms with Crippen molar-refractivity contribution in [1.29, 1.82) is 0 Å². The number of nitrogens with zero attached hydrogens (tertiary/aromatic N) is 2. The zero-order chi connectivity index (χ0) is 17.4. The minimum atomic E-state index is -0.224. The van der Waals surface area contributed by atoms with E-state index in [9.17, 15) is 0 Å². The molecule has 1 aromatic carbocycles. The van der Waals surface area contributed by atoms with E-state index < -0.39 is 0 Å². The first-order valence-electron chi connectivity index (χ1n) is 8.36. The van der Waals surface area contributed by atoms with Crippen LogP contribution in [0.25, 0.3) is 10.9 Å². The molecule has 1 N–H and O–H groups in total. The van der Waals surface area contributed by atoms with Crippen molar-refractivity contribution in [3.63, 3.8) is 0 Å². The standard InChI is InChI=1S/C19H27N3O2/c1-19(2,3)24-22-12-7-5-6-10-20-17-14-16(23-4)13-15-9-8-11-21-18(15)17/h8-9,11-14,20H,5-7,10H2,1-4H3/b22-12+. The first-order chi connectivity index (χ1) is 11.5. The van der Waals surface area contributed by atoms with Crippen molar-refractivity contribution in [2.75, 3.05) is 19.0 Å². The summed E-state index contributed by atoms with van der Waals surface area (Å²) in [7, 11) is 1.68. The van der Waals surface area contributed by atoms with Gasteiger partial charge >= 0.3 is 0 Å². The van der Waals surface area contributed by atoms with Crippen molar-refractivity contribution in [1.82, 2.24) is 4.98 Å². The van der Waals surface area contributed by atoms with E-state index in [0.29, 0.717) is 0 Å². The molecule has 0 aliphatic heterocycles. The number of fused-ring (bicyclic) bond motifs is 1. The molecule has 0 radical (unpaired) electrons. The van der Waals surface area contributed by atoms with Gasteiger partial charge in [-0.05, 0) is 52.2 Å². The Balaban J connectivity index is 1.81. The predicted molar refractivity (Wildman–Crippen MR) is 100.0 cm³/mol. The maximum absolute atomic E-state index is 5.36. The van der Waals surface area contributed by atoms with E-state index in [0.717, 1.165) is 48.1 Å². The summed E-state index contributed by atoms with van der Waals surface area (Å²) in [5, 5.41) is 8.52. The van der Waals surface area contributed by atoms with Gasteiger partial charge in [-0.2, -0.15) is 0 Å². The minimum Gasteiger partial charge on any atom is -0.497 e. The fourth-order valence-electron chi connectivity index (χ4n) is 2.25. The van der Waals surface area contributed by atoms with Crippen LogP contribution in [0.3, 0.4) is 0 Å². The van der Waals surface area contributed by atoms with Gasteiger partial charge < -0.3 is 14.9 Å². The lowest BCUT2D eigenvalue weighted by Gasteiger charge is -2.14. The van der Waals surface area contributed by atoms with Crippen LogP contribution in [0.15, 0.2) is 35.6 Å². The van der Waals surface area contributed by atoms with Crippen LogP contribution in [0.4, 0.5) is 5.69 Å². The molecule has 0 saturated carbocycles. The highest BCUT2D eigenvalue weighted by atomic mass is 16.6. The Kier molecular flexibility index (Phi) is 6.41. The molecular weight excluding hydrogens is 302 g/mol. The summed E-state index contributed by atoms with van der Waals surface area (Å²) < 4.78 is 5.36. The highest BCUT2D eigenvalue weighted by Gasteiger charge is 2.09. The number of hydrogen-bond donors (Lipinski definition) is 1. The second-order valence-electron chi connectivity index (χ2n) is 6.66. The first kappa shape index (κ1) is 18.0. The van der Waals surface area contributed by atoms with Crippen LogP contribution in [-0.4, -0.2) is 30.5 Å². The normalized spacial score (nSPS) is 11.8. The number of aromatic nitrogens is 1. The molecule has 0 aliphatic carbocycles. The molecule has 5 nitrogen and oxygen atoms in total. The van der Waals surface area contributed by atoms with Gasteiger partial charge in [-0.3, -0.25) is 4.98 Å². The molecule has 0 atom stereocenters. The third kappa shape index (κ3) is 5.72. The number of pyridine rings is 1. The topological polar surface area (TPSA) is 55.7 Å². The number of oxime groups is 1. The van der Waals surface area contributed by atoms with Gasteiger partial charge in [0.2, 0.25) is 0 Å². The molecule has 0 fully saturated rings. The van der Waals surface area contributed by atoms with Gasteiger partial charge in [0.15, 0.2) is 0 Å². The number of ether oxygens (including phenoxy) is 1. The maximum Gasteiger partial charge on any atom is 0.129 e. The summed E-state index contributed by atoms with van der Waals surface area (Å²) >= 11 is 0. The van der Waals surface area contributed by atoms with Crippen LogP contribution in [-0.2, 0) is 4.84 Å². The third-order valence-corrected chi connectivity index (χ3v) is 3.39. The van der Waals surface area contributed by atoms with E-state index in [2.05, 4.69) is 15.5 Å². The van der Waals surface area contributed by atoms with Crippen molar-refractivity contribution >= 4 is 22.8 Å². The van der Waals surface area contributed by atoms with Gasteiger partial charge in [-0.25, -0.2) is 0 Å². The van der Waals surface area contributed by atoms with Crippen LogP contribution in [0.1, 0.15) is 40.0 Å². The Morgan fingerprint density at radius 2 is 2.08 bits per heavy atom. The molecule has 5 heteroatoms. The predicted octanol–water partition coefficient (Wildman–Crippen LogP) is 4.63. The summed E-state index contributed by atoms with van der Waals surface area (Å²) in [6, 6.07) is 7.97. The fourth-order valence-corrected chi connectivity index (χ4v) is 2.25. The van der Waals surface area contributed by atoms with Crippen LogP contribution in [0.5, 0.6) is 5.75 Å². The quantitative estimate of drug-likeness (QED) is 0.436. The van der Waals surface area contributed by atoms with Crippen LogP contribution >= 0.6 is 0 Å². The summed E-state index contributed by atoms with van der Waals surface area (Å²) in [6.45, 7) is 6.84. The number of rotatable bonds is 8. The number of nitrogens with one attached hydrogen (secondary N) is 1. The smallest absolute Gasteiger partial charge is 0.129 e. The van der Waals surface area contributed by atoms with E-state index >= 15 is 0 Å². The number of unbranched alkanes of at least 4 members (excludes halogenated alkanes) is 2. The second-order valence-corrected chi connectivity index (χ2v) is 6.66. The molecule has 0 spiro atoms. The molecule has 0 saturated heterocycles. The monoisotopic (exact) mass is 329 g/mol. The molecule has 24 heavy (non-hydrogen) atoms. The Morgan fingerprint density at radius 1 is 1.25 bits per heavy atom. The second kappa shape index (κ2) is 8.52. The summed E-state index contributed by atoms with van der Waals surface area (Å²) in [5.74, 6) is 0.837. The van der Waals surface area contributed by atoms with Gasteiger partial charge in [0, 0.05) is 30.4 Å². The lowest BCUT2D eigenvalue weighted by atomic mass is 10.1. The van der Waals surface area contributed by atoms with E-state index in [1.54, 1.807) is 7.11 Å². The lowest BCUT2D eigenvalue weighted by molar-refractivity contribution is 0.00157. The van der Waals surface area contributed by atoms with Crippen molar-refractivity contribution in [2.45, 2.75) is 45.6 Å². The third-order valence-electron chi connectivity index (χ3n) is 3.39. The average Bonchev–Trinajstić information content (AvgIpc) is 2.55. The molecular formula is C19H27N3O2. The molecule has 0 unspecified atom stereocenters. The van der Waals surface area contributed by atoms with Gasteiger partial charge in [-0.1, -0.05) is 11.2 Å². The fraction of sp³-hybridized carbons (Fsp3) is 0.474. The highest BCUT2D eigenvalue weighted by Crippen LogP contribution is 2.27. The van der Waals surface area contributed by atoms with Crippen LogP contribution in [0, 0.1) is 0 Å². The zero-order valence-electron chi connectivity index (χ0n) is 15.0. The summed E-state index contributed by atoms with van der Waals surface area (Å²) in [5.41, 5.74) is 1.76. The van der Waals surface area contributed by atoms with E-state index in [1.165, 1.54) is 0 Å². The molecule has 1 heterocycles. The largest absolute Gasteiger partial charge is 0.497 e. The first-order valence-corrected chi connectivity index (χ1v) is 8.36. The van der Waals surface area contributed by atoms with E-state index in [-0.39, 0.29) is 5.60 Å². The van der Waals surface area contributed by atoms with Crippen LogP contribution < -0.4 is 10.1 Å². The van der Waals surface area contributed by atoms with Gasteiger partial charge in [0.25, 0.3) is 0 Å².